The first-order valence-electron chi connectivity index (χ1n) is 8.68. The van der Waals surface area contributed by atoms with Gasteiger partial charge in [-0.3, -0.25) is 4.40 Å². The largest absolute Gasteiger partial charge is 0.362 e. The zero-order valence-corrected chi connectivity index (χ0v) is 14.0. The fraction of sp³-hybridized carbons (Fsp3) is 0.368. The maximum absolute atomic E-state index is 13.9. The molecule has 1 aromatic carbocycles. The fourth-order valence-electron chi connectivity index (χ4n) is 3.82. The average molecular weight is 358 g/mol. The molecular formula is C19H17F3N4. The number of aromatic nitrogens is 3. The Kier molecular flexibility index (Phi) is 3.29. The minimum Gasteiger partial charge on any atom is -0.362 e. The molecule has 1 saturated carbocycles. The lowest BCUT2D eigenvalue weighted by atomic mass is 10.1. The van der Waals surface area contributed by atoms with Crippen molar-refractivity contribution in [3.8, 4) is 0 Å². The summed E-state index contributed by atoms with van der Waals surface area (Å²) in [6.45, 7) is 0.757. The molecule has 1 aliphatic carbocycles. The van der Waals surface area contributed by atoms with Gasteiger partial charge in [0.25, 0.3) is 5.92 Å². The minimum atomic E-state index is -2.60. The van der Waals surface area contributed by atoms with Crippen molar-refractivity contribution in [1.82, 2.24) is 14.6 Å². The van der Waals surface area contributed by atoms with Crippen molar-refractivity contribution < 1.29 is 13.2 Å². The van der Waals surface area contributed by atoms with Crippen LogP contribution < -0.4 is 4.90 Å². The van der Waals surface area contributed by atoms with Crippen molar-refractivity contribution in [3.63, 3.8) is 0 Å². The Balaban J connectivity index is 1.50. The molecule has 2 aromatic heterocycles. The molecule has 1 aliphatic heterocycles. The van der Waals surface area contributed by atoms with E-state index < -0.39 is 18.5 Å². The van der Waals surface area contributed by atoms with Crippen LogP contribution in [0.15, 0.2) is 36.5 Å². The highest BCUT2D eigenvalue weighted by Crippen LogP contribution is 2.50. The van der Waals surface area contributed by atoms with Crippen LogP contribution in [-0.4, -0.2) is 20.5 Å². The van der Waals surface area contributed by atoms with E-state index in [4.69, 9.17) is 0 Å². The van der Waals surface area contributed by atoms with Crippen molar-refractivity contribution in [2.75, 3.05) is 4.90 Å². The van der Waals surface area contributed by atoms with Gasteiger partial charge in [-0.1, -0.05) is 24.3 Å². The second kappa shape index (κ2) is 5.46. The first-order chi connectivity index (χ1) is 12.6. The minimum absolute atomic E-state index is 0.109. The second-order valence-electron chi connectivity index (χ2n) is 7.11. The molecule has 7 heteroatoms. The number of alkyl halides is 3. The van der Waals surface area contributed by atoms with Gasteiger partial charge < -0.3 is 4.90 Å². The summed E-state index contributed by atoms with van der Waals surface area (Å²) in [5.41, 5.74) is 4.12. The standard InChI is InChI=1S/C19H17F3N4/c20-9-15-16(25-10-12-3-1-2-4-13(12)11-25)5-6-26-17(23-24-18(15)26)7-14-8-19(14,21)22/h1-6,14H,7-11H2. The topological polar surface area (TPSA) is 33.4 Å². The molecule has 1 fully saturated rings. The molecule has 134 valence electrons. The van der Waals surface area contributed by atoms with Crippen LogP contribution in [-0.2, 0) is 26.2 Å². The zero-order chi connectivity index (χ0) is 17.9. The third kappa shape index (κ3) is 2.37. The van der Waals surface area contributed by atoms with Crippen molar-refractivity contribution in [1.29, 1.82) is 0 Å². The number of rotatable bonds is 4. The predicted molar refractivity (Wildman–Crippen MR) is 90.9 cm³/mol. The fourth-order valence-corrected chi connectivity index (χ4v) is 3.82. The Hall–Kier alpha value is -2.57. The van der Waals surface area contributed by atoms with Crippen molar-refractivity contribution >= 4 is 11.3 Å². The Morgan fingerprint density at radius 1 is 1.08 bits per heavy atom. The molecule has 1 atom stereocenters. The SMILES string of the molecule is FCc1c(N2Cc3ccccc3C2)ccn2c(CC3CC3(F)F)nnc12. The molecule has 3 heterocycles. The van der Waals surface area contributed by atoms with Gasteiger partial charge in [0, 0.05) is 43.7 Å². The van der Waals surface area contributed by atoms with Gasteiger partial charge in [-0.2, -0.15) is 0 Å². The summed E-state index contributed by atoms with van der Waals surface area (Å²) < 4.78 is 41.9. The lowest BCUT2D eigenvalue weighted by molar-refractivity contribution is 0.0984. The summed E-state index contributed by atoms with van der Waals surface area (Å²) in [5, 5.41) is 8.15. The van der Waals surface area contributed by atoms with Crippen LogP contribution in [0.25, 0.3) is 5.65 Å². The molecule has 0 amide bonds. The van der Waals surface area contributed by atoms with Gasteiger partial charge in [0.05, 0.1) is 5.56 Å². The van der Waals surface area contributed by atoms with E-state index in [0.717, 1.165) is 5.69 Å². The first kappa shape index (κ1) is 15.7. The van der Waals surface area contributed by atoms with E-state index in [1.165, 1.54) is 11.1 Å². The van der Waals surface area contributed by atoms with Gasteiger partial charge in [0.1, 0.15) is 12.5 Å². The summed E-state index contributed by atoms with van der Waals surface area (Å²) >= 11 is 0. The number of anilines is 1. The quantitative estimate of drug-likeness (QED) is 0.709. The number of hydrogen-bond donors (Lipinski definition) is 0. The van der Waals surface area contributed by atoms with Crippen LogP contribution in [0.3, 0.4) is 0 Å². The highest BCUT2D eigenvalue weighted by molar-refractivity contribution is 5.66. The molecule has 5 rings (SSSR count). The highest BCUT2D eigenvalue weighted by Gasteiger charge is 2.56. The first-order valence-corrected chi connectivity index (χ1v) is 8.68. The predicted octanol–water partition coefficient (Wildman–Crippen LogP) is 3.92. The zero-order valence-electron chi connectivity index (χ0n) is 14.0. The van der Waals surface area contributed by atoms with E-state index in [0.29, 0.717) is 30.1 Å². The number of nitrogens with zero attached hydrogens (tertiary/aromatic N) is 4. The number of fused-ring (bicyclic) bond motifs is 2. The molecule has 3 aromatic rings. The smallest absolute Gasteiger partial charge is 0.252 e. The lowest BCUT2D eigenvalue weighted by Crippen LogP contribution is -2.17. The Bertz CT molecular complexity index is 973. The van der Waals surface area contributed by atoms with E-state index >= 15 is 0 Å². The van der Waals surface area contributed by atoms with Crippen LogP contribution >= 0.6 is 0 Å². The van der Waals surface area contributed by atoms with Crippen molar-refractivity contribution in [2.45, 2.75) is 38.5 Å². The van der Waals surface area contributed by atoms with E-state index in [1.807, 2.05) is 18.2 Å². The van der Waals surface area contributed by atoms with Crippen LogP contribution in [0.5, 0.6) is 0 Å². The van der Waals surface area contributed by atoms with Gasteiger partial charge in [-0.15, -0.1) is 10.2 Å². The third-order valence-electron chi connectivity index (χ3n) is 5.43. The van der Waals surface area contributed by atoms with Crippen LogP contribution in [0.1, 0.15) is 28.9 Å². The maximum atomic E-state index is 13.9. The van der Waals surface area contributed by atoms with Gasteiger partial charge in [-0.25, -0.2) is 13.2 Å². The van der Waals surface area contributed by atoms with Gasteiger partial charge in [0.15, 0.2) is 5.65 Å². The molecule has 26 heavy (non-hydrogen) atoms. The average Bonchev–Trinajstić information content (AvgIpc) is 3.00. The molecule has 0 radical (unpaired) electrons. The van der Waals surface area contributed by atoms with E-state index in [1.54, 1.807) is 10.6 Å². The molecule has 0 spiro atoms. The Morgan fingerprint density at radius 2 is 1.77 bits per heavy atom. The van der Waals surface area contributed by atoms with Crippen LogP contribution in [0, 0.1) is 5.92 Å². The Morgan fingerprint density at radius 3 is 2.38 bits per heavy atom. The molecule has 0 saturated heterocycles. The number of halogens is 3. The number of pyridine rings is 1. The second-order valence-corrected chi connectivity index (χ2v) is 7.11. The molecule has 4 nitrogen and oxygen atoms in total. The van der Waals surface area contributed by atoms with Gasteiger partial charge >= 0.3 is 0 Å². The van der Waals surface area contributed by atoms with E-state index in [-0.39, 0.29) is 12.8 Å². The highest BCUT2D eigenvalue weighted by atomic mass is 19.3. The monoisotopic (exact) mass is 358 g/mol. The summed E-state index contributed by atoms with van der Waals surface area (Å²) in [5.74, 6) is -2.82. The van der Waals surface area contributed by atoms with Crippen LogP contribution in [0.4, 0.5) is 18.9 Å². The van der Waals surface area contributed by atoms with Crippen molar-refractivity contribution in [3.05, 3.63) is 59.0 Å². The molecule has 1 unspecified atom stereocenters. The lowest BCUT2D eigenvalue weighted by Gasteiger charge is -2.21. The summed E-state index contributed by atoms with van der Waals surface area (Å²) in [7, 11) is 0. The summed E-state index contributed by atoms with van der Waals surface area (Å²) in [6.07, 6.45) is 1.82. The summed E-state index contributed by atoms with van der Waals surface area (Å²) in [6, 6.07) is 9.99. The van der Waals surface area contributed by atoms with Gasteiger partial charge in [0.2, 0.25) is 0 Å². The van der Waals surface area contributed by atoms with E-state index in [2.05, 4.69) is 27.2 Å². The molecule has 2 aliphatic rings. The number of hydrogen-bond acceptors (Lipinski definition) is 3. The summed E-state index contributed by atoms with van der Waals surface area (Å²) in [4.78, 5) is 2.11. The van der Waals surface area contributed by atoms with Crippen molar-refractivity contribution in [2.24, 2.45) is 5.92 Å². The third-order valence-corrected chi connectivity index (χ3v) is 5.43. The normalized spacial score (nSPS) is 20.6. The number of benzene rings is 1. The van der Waals surface area contributed by atoms with Gasteiger partial charge in [-0.05, 0) is 17.2 Å². The van der Waals surface area contributed by atoms with Crippen LogP contribution in [0.2, 0.25) is 0 Å². The molecule has 0 N–H and O–H groups in total. The maximum Gasteiger partial charge on any atom is 0.252 e. The Labute approximate surface area is 148 Å². The van der Waals surface area contributed by atoms with E-state index in [9.17, 15) is 13.2 Å². The molecule has 0 bridgehead atoms. The molecular weight excluding hydrogens is 341 g/mol.